The van der Waals surface area contributed by atoms with Crippen LogP contribution >= 0.6 is 35.4 Å². The summed E-state index contributed by atoms with van der Waals surface area (Å²) in [6, 6.07) is 12.0. The van der Waals surface area contributed by atoms with Gasteiger partial charge in [-0.3, -0.25) is 4.90 Å². The van der Waals surface area contributed by atoms with Crippen LogP contribution in [-0.4, -0.2) is 41.1 Å². The fraction of sp³-hybridized carbons (Fsp3) is 0.278. The lowest BCUT2D eigenvalue weighted by Gasteiger charge is -2.36. The highest BCUT2D eigenvalue weighted by molar-refractivity contribution is 7.80. The van der Waals surface area contributed by atoms with E-state index >= 15 is 0 Å². The third kappa shape index (κ3) is 5.05. The zero-order valence-corrected chi connectivity index (χ0v) is 15.8. The standard InChI is InChI=1S/C18H18Cl2FN3S/c19-14-4-5-17(16(20)11-14)22-18(25)24-8-6-23(7-9-24)12-13-2-1-3-15(21)10-13/h1-5,10-11H,6-9,12H2,(H,22,25). The zero-order valence-electron chi connectivity index (χ0n) is 13.5. The van der Waals surface area contributed by atoms with E-state index in [0.717, 1.165) is 44.0 Å². The highest BCUT2D eigenvalue weighted by atomic mass is 35.5. The number of benzene rings is 2. The molecule has 132 valence electrons. The van der Waals surface area contributed by atoms with Gasteiger partial charge >= 0.3 is 0 Å². The number of nitrogens with one attached hydrogen (secondary N) is 1. The topological polar surface area (TPSA) is 18.5 Å². The minimum Gasteiger partial charge on any atom is -0.346 e. The van der Waals surface area contributed by atoms with Crippen molar-refractivity contribution in [3.63, 3.8) is 0 Å². The molecule has 0 spiro atoms. The Morgan fingerprint density at radius 3 is 2.52 bits per heavy atom. The Labute approximate surface area is 162 Å². The minimum absolute atomic E-state index is 0.193. The summed E-state index contributed by atoms with van der Waals surface area (Å²) in [5.41, 5.74) is 1.74. The van der Waals surface area contributed by atoms with Gasteiger partial charge in [-0.05, 0) is 48.1 Å². The first kappa shape index (κ1) is 18.4. The fourth-order valence-electron chi connectivity index (χ4n) is 2.79. The Balaban J connectivity index is 1.52. The number of nitrogens with zero attached hydrogens (tertiary/aromatic N) is 2. The molecule has 25 heavy (non-hydrogen) atoms. The largest absolute Gasteiger partial charge is 0.346 e. The van der Waals surface area contributed by atoms with Gasteiger partial charge in [-0.25, -0.2) is 4.39 Å². The predicted molar refractivity (Wildman–Crippen MR) is 106 cm³/mol. The molecule has 0 radical (unpaired) electrons. The second-order valence-electron chi connectivity index (χ2n) is 5.95. The number of piperazine rings is 1. The van der Waals surface area contributed by atoms with E-state index in [2.05, 4.69) is 15.1 Å². The summed E-state index contributed by atoms with van der Waals surface area (Å²) >= 11 is 17.6. The van der Waals surface area contributed by atoms with Crippen LogP contribution in [0.5, 0.6) is 0 Å². The molecule has 1 aliphatic heterocycles. The van der Waals surface area contributed by atoms with Crippen LogP contribution in [0.2, 0.25) is 10.0 Å². The molecule has 0 bridgehead atoms. The molecule has 1 aliphatic rings. The van der Waals surface area contributed by atoms with Gasteiger partial charge < -0.3 is 10.2 Å². The van der Waals surface area contributed by atoms with Crippen molar-refractivity contribution >= 4 is 46.2 Å². The van der Waals surface area contributed by atoms with E-state index in [1.807, 2.05) is 12.1 Å². The normalized spacial score (nSPS) is 15.2. The van der Waals surface area contributed by atoms with E-state index in [1.54, 1.807) is 24.3 Å². The maximum absolute atomic E-state index is 13.3. The van der Waals surface area contributed by atoms with Crippen molar-refractivity contribution in [1.82, 2.24) is 9.80 Å². The monoisotopic (exact) mass is 397 g/mol. The predicted octanol–water partition coefficient (Wildman–Crippen LogP) is 4.65. The molecule has 1 saturated heterocycles. The lowest BCUT2D eigenvalue weighted by Crippen LogP contribution is -2.49. The summed E-state index contributed by atoms with van der Waals surface area (Å²) in [5.74, 6) is -0.193. The average Bonchev–Trinajstić information content (AvgIpc) is 2.58. The van der Waals surface area contributed by atoms with Crippen LogP contribution in [0.3, 0.4) is 0 Å². The lowest BCUT2D eigenvalue weighted by molar-refractivity contribution is 0.177. The molecule has 2 aromatic rings. The van der Waals surface area contributed by atoms with Crippen molar-refractivity contribution in [1.29, 1.82) is 0 Å². The van der Waals surface area contributed by atoms with Crippen LogP contribution in [0.15, 0.2) is 42.5 Å². The maximum atomic E-state index is 13.3. The van der Waals surface area contributed by atoms with Gasteiger partial charge in [-0.1, -0.05) is 35.3 Å². The van der Waals surface area contributed by atoms with Crippen LogP contribution in [0.1, 0.15) is 5.56 Å². The van der Waals surface area contributed by atoms with E-state index in [4.69, 9.17) is 35.4 Å². The molecule has 7 heteroatoms. The van der Waals surface area contributed by atoms with Gasteiger partial charge in [0.2, 0.25) is 0 Å². The second-order valence-corrected chi connectivity index (χ2v) is 7.18. The SMILES string of the molecule is Fc1cccc(CN2CCN(C(=S)Nc3ccc(Cl)cc3Cl)CC2)c1. The molecular weight excluding hydrogens is 380 g/mol. The molecule has 1 N–H and O–H groups in total. The summed E-state index contributed by atoms with van der Waals surface area (Å²) in [5, 5.41) is 4.96. The molecule has 0 saturated carbocycles. The summed E-state index contributed by atoms with van der Waals surface area (Å²) in [6.45, 7) is 4.10. The van der Waals surface area contributed by atoms with Crippen LogP contribution in [0.25, 0.3) is 0 Å². The number of rotatable bonds is 3. The molecule has 1 fully saturated rings. The highest BCUT2D eigenvalue weighted by Crippen LogP contribution is 2.25. The van der Waals surface area contributed by atoms with Gasteiger partial charge in [-0.15, -0.1) is 0 Å². The number of thiocarbonyl (C=S) groups is 1. The Bertz CT molecular complexity index is 764. The molecule has 0 amide bonds. The highest BCUT2D eigenvalue weighted by Gasteiger charge is 2.19. The van der Waals surface area contributed by atoms with E-state index < -0.39 is 0 Å². The first-order valence-electron chi connectivity index (χ1n) is 7.99. The quantitative estimate of drug-likeness (QED) is 0.759. The van der Waals surface area contributed by atoms with Crippen LogP contribution < -0.4 is 5.32 Å². The zero-order chi connectivity index (χ0) is 17.8. The first-order chi connectivity index (χ1) is 12.0. The third-order valence-corrected chi connectivity index (χ3v) is 5.04. The second kappa shape index (κ2) is 8.32. The van der Waals surface area contributed by atoms with Crippen molar-refractivity contribution < 1.29 is 4.39 Å². The van der Waals surface area contributed by atoms with Crippen LogP contribution in [0.4, 0.5) is 10.1 Å². The number of hydrogen-bond acceptors (Lipinski definition) is 2. The van der Waals surface area contributed by atoms with Gasteiger partial charge in [0.05, 0.1) is 10.7 Å². The van der Waals surface area contributed by atoms with E-state index in [1.165, 1.54) is 6.07 Å². The third-order valence-electron chi connectivity index (χ3n) is 4.13. The molecule has 2 aromatic carbocycles. The maximum Gasteiger partial charge on any atom is 0.173 e. The first-order valence-corrected chi connectivity index (χ1v) is 9.15. The van der Waals surface area contributed by atoms with Crippen molar-refractivity contribution in [3.8, 4) is 0 Å². The van der Waals surface area contributed by atoms with Gasteiger partial charge in [0.25, 0.3) is 0 Å². The molecule has 1 heterocycles. The van der Waals surface area contributed by atoms with E-state index in [9.17, 15) is 4.39 Å². The average molecular weight is 398 g/mol. The minimum atomic E-state index is -0.193. The van der Waals surface area contributed by atoms with Crippen LogP contribution in [-0.2, 0) is 6.54 Å². The van der Waals surface area contributed by atoms with Gasteiger partial charge in [0, 0.05) is 37.7 Å². The summed E-state index contributed by atoms with van der Waals surface area (Å²) < 4.78 is 13.3. The fourth-order valence-corrected chi connectivity index (χ4v) is 3.54. The smallest absolute Gasteiger partial charge is 0.173 e. The van der Waals surface area contributed by atoms with Crippen molar-refractivity contribution in [2.45, 2.75) is 6.54 Å². The molecule has 0 aliphatic carbocycles. The van der Waals surface area contributed by atoms with Crippen molar-refractivity contribution in [3.05, 3.63) is 63.9 Å². The van der Waals surface area contributed by atoms with Gasteiger partial charge in [0.15, 0.2) is 5.11 Å². The van der Waals surface area contributed by atoms with Gasteiger partial charge in [-0.2, -0.15) is 0 Å². The van der Waals surface area contributed by atoms with E-state index in [0.29, 0.717) is 15.2 Å². The Hall–Kier alpha value is -1.40. The molecule has 3 rings (SSSR count). The molecular formula is C18H18Cl2FN3S. The Morgan fingerprint density at radius 2 is 1.84 bits per heavy atom. The van der Waals surface area contributed by atoms with Gasteiger partial charge in [0.1, 0.15) is 5.82 Å². The van der Waals surface area contributed by atoms with Crippen molar-refractivity contribution in [2.75, 3.05) is 31.5 Å². The number of halogens is 3. The van der Waals surface area contributed by atoms with E-state index in [-0.39, 0.29) is 5.82 Å². The Morgan fingerprint density at radius 1 is 1.08 bits per heavy atom. The molecule has 0 unspecified atom stereocenters. The number of hydrogen-bond donors (Lipinski definition) is 1. The Kier molecular flexibility index (Phi) is 6.12. The van der Waals surface area contributed by atoms with Crippen LogP contribution in [0, 0.1) is 5.82 Å². The summed E-state index contributed by atoms with van der Waals surface area (Å²) in [6.07, 6.45) is 0. The molecule has 0 atom stereocenters. The molecule has 3 nitrogen and oxygen atoms in total. The van der Waals surface area contributed by atoms with Crippen molar-refractivity contribution in [2.24, 2.45) is 0 Å². The summed E-state index contributed by atoms with van der Waals surface area (Å²) in [7, 11) is 0. The molecule has 0 aromatic heterocycles. The summed E-state index contributed by atoms with van der Waals surface area (Å²) in [4.78, 5) is 4.41. The number of anilines is 1. The lowest BCUT2D eigenvalue weighted by atomic mass is 10.2.